The Hall–Kier alpha value is -3.66. The molecule has 0 bridgehead atoms. The van der Waals surface area contributed by atoms with Crippen molar-refractivity contribution in [1.29, 1.82) is 0 Å². The Morgan fingerprint density at radius 3 is 2.14 bits per heavy atom. The first kappa shape index (κ1) is 18.7. The van der Waals surface area contributed by atoms with Crippen molar-refractivity contribution >= 4 is 22.4 Å². The second kappa shape index (κ2) is 7.76. The summed E-state index contributed by atoms with van der Waals surface area (Å²) in [5, 5.41) is 1.17. The maximum Gasteiger partial charge on any atom is 0.344 e. The molecule has 3 aromatic carbocycles. The quantitative estimate of drug-likeness (QED) is 0.472. The number of fused-ring (bicyclic) bond motifs is 1. The van der Waals surface area contributed by atoms with Crippen LogP contribution in [0.1, 0.15) is 23.0 Å². The molecule has 1 heterocycles. The van der Waals surface area contributed by atoms with Crippen molar-refractivity contribution in [2.45, 2.75) is 13.8 Å². The topological polar surface area (TPSA) is 50.5 Å². The second-order valence-electron chi connectivity index (χ2n) is 6.89. The number of hydrogen-bond acceptors (Lipinski definition) is 3. The van der Waals surface area contributed by atoms with Crippen LogP contribution in [0.25, 0.3) is 21.9 Å². The van der Waals surface area contributed by atoms with E-state index in [1.807, 2.05) is 80.6 Å². The van der Waals surface area contributed by atoms with E-state index < -0.39 is 5.63 Å². The summed E-state index contributed by atoms with van der Waals surface area (Å²) >= 11 is 0. The van der Waals surface area contributed by atoms with Gasteiger partial charge in [0.05, 0.1) is 5.39 Å². The zero-order valence-corrected chi connectivity index (χ0v) is 16.4. The number of nitrogens with zero attached hydrogens (tertiary/aromatic N) is 1. The molecule has 1 amide bonds. The van der Waals surface area contributed by atoms with E-state index in [1.165, 1.54) is 0 Å². The molecule has 0 saturated carbocycles. The van der Waals surface area contributed by atoms with Crippen LogP contribution in [0.2, 0.25) is 0 Å². The van der Waals surface area contributed by atoms with Gasteiger partial charge in [-0.15, -0.1) is 0 Å². The van der Waals surface area contributed by atoms with Gasteiger partial charge in [0, 0.05) is 23.2 Å². The average Bonchev–Trinajstić information content (AvgIpc) is 2.76. The summed E-state index contributed by atoms with van der Waals surface area (Å²) in [5.74, 6) is -0.277. The highest BCUT2D eigenvalue weighted by atomic mass is 16.4. The fourth-order valence-electron chi connectivity index (χ4n) is 3.53. The molecule has 4 rings (SSSR count). The highest BCUT2D eigenvalue weighted by molar-refractivity contribution is 6.12. The third-order valence-electron chi connectivity index (χ3n) is 5.00. The standard InChI is InChI=1S/C25H21NO3/c1-3-26(19-9-5-4-6-10-19)24(27)23-22(18-15-13-17(2)14-16-18)20-11-7-8-12-21(20)25(28)29-23/h4-16H,3H2,1-2H3. The van der Waals surface area contributed by atoms with Gasteiger partial charge in [-0.25, -0.2) is 4.79 Å². The molecule has 0 saturated heterocycles. The minimum atomic E-state index is -0.510. The zero-order chi connectivity index (χ0) is 20.4. The van der Waals surface area contributed by atoms with E-state index in [2.05, 4.69) is 0 Å². The lowest BCUT2D eigenvalue weighted by Crippen LogP contribution is -2.31. The number of rotatable bonds is 4. The molecule has 0 aliphatic heterocycles. The number of para-hydroxylation sites is 1. The van der Waals surface area contributed by atoms with Gasteiger partial charge >= 0.3 is 5.63 Å². The SMILES string of the molecule is CCN(C(=O)c1oc(=O)c2ccccc2c1-c1ccc(C)cc1)c1ccccc1. The largest absolute Gasteiger partial charge is 0.416 e. The normalized spacial score (nSPS) is 10.8. The number of hydrogen-bond donors (Lipinski definition) is 0. The molecular formula is C25H21NO3. The Bertz CT molecular complexity index is 1220. The number of amides is 1. The Labute approximate surface area is 169 Å². The lowest BCUT2D eigenvalue weighted by Gasteiger charge is -2.22. The third kappa shape index (κ3) is 3.45. The molecule has 0 atom stereocenters. The molecule has 0 N–H and O–H groups in total. The molecule has 0 aliphatic carbocycles. The van der Waals surface area contributed by atoms with Crippen molar-refractivity contribution in [1.82, 2.24) is 0 Å². The Kier molecular flexibility index (Phi) is 5.00. The van der Waals surface area contributed by atoms with E-state index in [9.17, 15) is 9.59 Å². The van der Waals surface area contributed by atoms with Gasteiger partial charge in [0.15, 0.2) is 0 Å². The zero-order valence-electron chi connectivity index (χ0n) is 16.4. The van der Waals surface area contributed by atoms with Crippen LogP contribution in [0, 0.1) is 6.92 Å². The van der Waals surface area contributed by atoms with Crippen molar-refractivity contribution < 1.29 is 9.21 Å². The molecule has 0 fully saturated rings. The monoisotopic (exact) mass is 383 g/mol. The predicted molar refractivity (Wildman–Crippen MR) is 116 cm³/mol. The van der Waals surface area contributed by atoms with Gasteiger partial charge in [0.2, 0.25) is 5.76 Å². The van der Waals surface area contributed by atoms with Crippen molar-refractivity contribution in [3.63, 3.8) is 0 Å². The summed E-state index contributed by atoms with van der Waals surface area (Å²) in [7, 11) is 0. The molecule has 0 aliphatic rings. The number of anilines is 1. The summed E-state index contributed by atoms with van der Waals surface area (Å²) in [4.78, 5) is 27.8. The summed E-state index contributed by atoms with van der Waals surface area (Å²) in [6.45, 7) is 4.36. The second-order valence-corrected chi connectivity index (χ2v) is 6.89. The molecule has 1 aromatic heterocycles. The van der Waals surface area contributed by atoms with Gasteiger partial charge < -0.3 is 9.32 Å². The van der Waals surface area contributed by atoms with Gasteiger partial charge in [-0.3, -0.25) is 4.79 Å². The number of benzene rings is 3. The molecule has 144 valence electrons. The lowest BCUT2D eigenvalue weighted by molar-refractivity contribution is 0.0959. The average molecular weight is 383 g/mol. The highest BCUT2D eigenvalue weighted by Gasteiger charge is 2.25. The highest BCUT2D eigenvalue weighted by Crippen LogP contribution is 2.32. The molecule has 29 heavy (non-hydrogen) atoms. The first-order valence-electron chi connectivity index (χ1n) is 9.60. The molecule has 4 heteroatoms. The van der Waals surface area contributed by atoms with Crippen LogP contribution in [-0.4, -0.2) is 12.5 Å². The van der Waals surface area contributed by atoms with Gasteiger partial charge in [0.25, 0.3) is 5.91 Å². The molecular weight excluding hydrogens is 362 g/mol. The van der Waals surface area contributed by atoms with Crippen LogP contribution in [0.5, 0.6) is 0 Å². The number of carbonyl (C=O) groups is 1. The van der Waals surface area contributed by atoms with E-state index in [0.717, 1.165) is 16.8 Å². The maximum atomic E-state index is 13.5. The van der Waals surface area contributed by atoms with Crippen molar-refractivity contribution in [2.24, 2.45) is 0 Å². The Morgan fingerprint density at radius 1 is 0.862 bits per heavy atom. The predicted octanol–water partition coefficient (Wildman–Crippen LogP) is 5.44. The molecule has 0 radical (unpaired) electrons. The maximum absolute atomic E-state index is 13.5. The van der Waals surface area contributed by atoms with E-state index in [1.54, 1.807) is 17.0 Å². The van der Waals surface area contributed by atoms with E-state index in [-0.39, 0.29) is 11.7 Å². The van der Waals surface area contributed by atoms with Crippen LogP contribution in [-0.2, 0) is 0 Å². The number of aryl methyl sites for hydroxylation is 1. The van der Waals surface area contributed by atoms with Gasteiger partial charge in [-0.05, 0) is 37.6 Å². The first-order valence-corrected chi connectivity index (χ1v) is 9.60. The van der Waals surface area contributed by atoms with Gasteiger partial charge in [-0.1, -0.05) is 66.2 Å². The smallest absolute Gasteiger partial charge is 0.344 e. The van der Waals surface area contributed by atoms with Gasteiger partial charge in [0.1, 0.15) is 0 Å². The minimum Gasteiger partial charge on any atom is -0.416 e. The van der Waals surface area contributed by atoms with Crippen LogP contribution in [0.15, 0.2) is 88.1 Å². The molecule has 4 aromatic rings. The summed E-state index contributed by atoms with van der Waals surface area (Å²) < 4.78 is 5.63. The fraction of sp³-hybridized carbons (Fsp3) is 0.120. The van der Waals surface area contributed by atoms with Crippen LogP contribution >= 0.6 is 0 Å². The van der Waals surface area contributed by atoms with E-state index in [0.29, 0.717) is 22.9 Å². The Balaban J connectivity index is 1.98. The molecule has 0 spiro atoms. The minimum absolute atomic E-state index is 0.0586. The fourth-order valence-corrected chi connectivity index (χ4v) is 3.53. The Morgan fingerprint density at radius 2 is 1.48 bits per heavy atom. The summed E-state index contributed by atoms with van der Waals surface area (Å²) in [6.07, 6.45) is 0. The van der Waals surface area contributed by atoms with E-state index in [4.69, 9.17) is 4.42 Å². The lowest BCUT2D eigenvalue weighted by atomic mass is 9.97. The van der Waals surface area contributed by atoms with Crippen molar-refractivity contribution in [3.8, 4) is 11.1 Å². The first-order chi connectivity index (χ1) is 14.1. The summed E-state index contributed by atoms with van der Waals surface area (Å²) in [6, 6.07) is 24.5. The molecule has 4 nitrogen and oxygen atoms in total. The van der Waals surface area contributed by atoms with Crippen LogP contribution < -0.4 is 10.5 Å². The molecule has 0 unspecified atom stereocenters. The number of carbonyl (C=O) groups excluding carboxylic acids is 1. The third-order valence-corrected chi connectivity index (χ3v) is 5.00. The summed E-state index contributed by atoms with van der Waals surface area (Å²) in [5.41, 5.74) is 2.83. The van der Waals surface area contributed by atoms with Crippen LogP contribution in [0.4, 0.5) is 5.69 Å². The van der Waals surface area contributed by atoms with Gasteiger partial charge in [-0.2, -0.15) is 0 Å². The van der Waals surface area contributed by atoms with Crippen molar-refractivity contribution in [3.05, 3.63) is 101 Å². The van der Waals surface area contributed by atoms with Crippen LogP contribution in [0.3, 0.4) is 0 Å². The van der Waals surface area contributed by atoms with E-state index >= 15 is 0 Å². The van der Waals surface area contributed by atoms with Crippen molar-refractivity contribution in [2.75, 3.05) is 11.4 Å².